The highest BCUT2D eigenvalue weighted by atomic mass is 16.5. The number of piperidine rings is 1. The topological polar surface area (TPSA) is 77.7 Å². The van der Waals surface area contributed by atoms with Gasteiger partial charge < -0.3 is 14.0 Å². The van der Waals surface area contributed by atoms with E-state index in [1.807, 2.05) is 24.3 Å². The third-order valence-electron chi connectivity index (χ3n) is 5.78. The Bertz CT molecular complexity index is 1080. The van der Waals surface area contributed by atoms with Crippen LogP contribution in [-0.2, 0) is 22.7 Å². The van der Waals surface area contributed by atoms with Gasteiger partial charge in [-0.15, -0.1) is 0 Å². The summed E-state index contributed by atoms with van der Waals surface area (Å²) in [5.41, 5.74) is 3.54. The van der Waals surface area contributed by atoms with Gasteiger partial charge in [-0.2, -0.15) is 4.98 Å². The van der Waals surface area contributed by atoms with E-state index < -0.39 is 0 Å². The monoisotopic (exact) mass is 447 g/mol. The van der Waals surface area contributed by atoms with E-state index in [1.54, 1.807) is 6.08 Å². The smallest absolute Gasteiger partial charge is 0.330 e. The average molecular weight is 448 g/mol. The molecule has 1 aliphatic rings. The number of rotatable bonds is 8. The molecular formula is C26H29N3O4. The Morgan fingerprint density at radius 3 is 2.70 bits per heavy atom. The summed E-state index contributed by atoms with van der Waals surface area (Å²) in [5, 5.41) is 4.20. The van der Waals surface area contributed by atoms with E-state index in [-0.39, 0.29) is 12.6 Å². The minimum absolute atomic E-state index is 0.219. The zero-order valence-electron chi connectivity index (χ0n) is 19.1. The summed E-state index contributed by atoms with van der Waals surface area (Å²) in [5.74, 6) is 1.86. The molecule has 7 heteroatoms. The lowest BCUT2D eigenvalue weighted by molar-refractivity contribution is -0.134. The van der Waals surface area contributed by atoms with Crippen molar-refractivity contribution in [2.75, 3.05) is 20.2 Å². The first-order valence-corrected chi connectivity index (χ1v) is 11.2. The van der Waals surface area contributed by atoms with E-state index >= 15 is 0 Å². The largest absolute Gasteiger partial charge is 0.484 e. The van der Waals surface area contributed by atoms with E-state index in [1.165, 1.54) is 24.3 Å². The van der Waals surface area contributed by atoms with Crippen molar-refractivity contribution in [3.63, 3.8) is 0 Å². The number of benzene rings is 2. The van der Waals surface area contributed by atoms with Gasteiger partial charge in [-0.1, -0.05) is 47.1 Å². The molecule has 3 aromatic rings. The molecule has 0 aliphatic carbocycles. The molecule has 0 unspecified atom stereocenters. The molecule has 4 rings (SSSR count). The molecule has 172 valence electrons. The van der Waals surface area contributed by atoms with Gasteiger partial charge in [0.25, 0.3) is 5.89 Å². The first-order chi connectivity index (χ1) is 16.1. The van der Waals surface area contributed by atoms with Gasteiger partial charge >= 0.3 is 5.97 Å². The molecule has 0 atom stereocenters. The Hall–Kier alpha value is -3.45. The van der Waals surface area contributed by atoms with Crippen LogP contribution in [0, 0.1) is 6.92 Å². The Morgan fingerprint density at radius 2 is 1.97 bits per heavy atom. The fourth-order valence-corrected chi connectivity index (χ4v) is 3.96. The van der Waals surface area contributed by atoms with E-state index in [0.717, 1.165) is 43.9 Å². The van der Waals surface area contributed by atoms with Crippen molar-refractivity contribution < 1.29 is 18.8 Å². The standard InChI is InChI=1S/C26H29N3O4/c1-19-4-3-5-21(16-19)17-29-14-12-22(13-15-29)26-27-24(33-28-26)18-32-23-9-6-20(7-10-23)8-11-25(30)31-2/h3-11,16,22H,12-15,17-18H2,1-2H3. The predicted molar refractivity (Wildman–Crippen MR) is 125 cm³/mol. The van der Waals surface area contributed by atoms with Gasteiger partial charge in [0, 0.05) is 18.5 Å². The van der Waals surface area contributed by atoms with Gasteiger partial charge in [-0.05, 0) is 62.2 Å². The number of aromatic nitrogens is 2. The van der Waals surface area contributed by atoms with Crippen LogP contribution in [0.5, 0.6) is 5.75 Å². The molecule has 0 saturated carbocycles. The zero-order chi connectivity index (χ0) is 23.0. The summed E-state index contributed by atoms with van der Waals surface area (Å²) in [6.45, 7) is 5.38. The molecule has 1 aromatic heterocycles. The Labute approximate surface area is 194 Å². The van der Waals surface area contributed by atoms with E-state index in [2.05, 4.69) is 51.0 Å². The molecule has 1 aliphatic heterocycles. The van der Waals surface area contributed by atoms with Crippen molar-refractivity contribution in [1.82, 2.24) is 15.0 Å². The van der Waals surface area contributed by atoms with Crippen LogP contribution in [0.2, 0.25) is 0 Å². The molecule has 7 nitrogen and oxygen atoms in total. The lowest BCUT2D eigenvalue weighted by atomic mass is 9.96. The highest BCUT2D eigenvalue weighted by Crippen LogP contribution is 2.27. The molecular weight excluding hydrogens is 418 g/mol. The third kappa shape index (κ3) is 6.52. The number of carbonyl (C=O) groups excluding carboxylic acids is 1. The average Bonchev–Trinajstić information content (AvgIpc) is 3.31. The third-order valence-corrected chi connectivity index (χ3v) is 5.78. The normalized spacial score (nSPS) is 15.1. The number of ether oxygens (including phenoxy) is 2. The molecule has 2 heterocycles. The van der Waals surface area contributed by atoms with Crippen LogP contribution in [0.4, 0.5) is 0 Å². The maximum absolute atomic E-state index is 11.2. The minimum Gasteiger partial charge on any atom is -0.484 e. The first-order valence-electron chi connectivity index (χ1n) is 11.2. The Balaban J connectivity index is 1.24. The van der Waals surface area contributed by atoms with Gasteiger partial charge in [-0.25, -0.2) is 4.79 Å². The summed E-state index contributed by atoms with van der Waals surface area (Å²) < 4.78 is 15.8. The Kier molecular flexibility index (Phi) is 7.52. The van der Waals surface area contributed by atoms with Gasteiger partial charge in [0.05, 0.1) is 7.11 Å². The number of hydrogen-bond acceptors (Lipinski definition) is 7. The Morgan fingerprint density at radius 1 is 1.18 bits per heavy atom. The van der Waals surface area contributed by atoms with E-state index in [9.17, 15) is 4.79 Å². The fourth-order valence-electron chi connectivity index (χ4n) is 3.96. The molecule has 0 spiro atoms. The molecule has 0 bridgehead atoms. The van der Waals surface area contributed by atoms with E-state index in [0.29, 0.717) is 17.6 Å². The number of methoxy groups -OCH3 is 1. The second-order valence-electron chi connectivity index (χ2n) is 8.30. The highest BCUT2D eigenvalue weighted by Gasteiger charge is 2.24. The zero-order valence-corrected chi connectivity index (χ0v) is 19.1. The first kappa shape index (κ1) is 22.7. The second-order valence-corrected chi connectivity index (χ2v) is 8.30. The lowest BCUT2D eigenvalue weighted by Gasteiger charge is -2.30. The summed E-state index contributed by atoms with van der Waals surface area (Å²) in [6, 6.07) is 16.1. The van der Waals surface area contributed by atoms with Crippen LogP contribution in [0.25, 0.3) is 6.08 Å². The fraction of sp³-hybridized carbons (Fsp3) is 0.346. The number of aryl methyl sites for hydroxylation is 1. The number of nitrogens with zero attached hydrogens (tertiary/aromatic N) is 3. The van der Waals surface area contributed by atoms with Gasteiger partial charge in [0.2, 0.25) is 0 Å². The van der Waals surface area contributed by atoms with E-state index in [4.69, 9.17) is 9.26 Å². The van der Waals surface area contributed by atoms with Crippen LogP contribution in [0.3, 0.4) is 0 Å². The van der Waals surface area contributed by atoms with Crippen LogP contribution >= 0.6 is 0 Å². The molecule has 2 aromatic carbocycles. The molecule has 1 saturated heterocycles. The molecule has 0 N–H and O–H groups in total. The minimum atomic E-state index is -0.389. The summed E-state index contributed by atoms with van der Waals surface area (Å²) in [7, 11) is 1.35. The van der Waals surface area contributed by atoms with Crippen LogP contribution in [0.15, 0.2) is 59.1 Å². The highest BCUT2D eigenvalue weighted by molar-refractivity contribution is 5.86. The van der Waals surface area contributed by atoms with Crippen LogP contribution < -0.4 is 4.74 Å². The number of carbonyl (C=O) groups is 1. The van der Waals surface area contributed by atoms with Crippen LogP contribution in [-0.4, -0.2) is 41.2 Å². The van der Waals surface area contributed by atoms with Crippen molar-refractivity contribution in [2.45, 2.75) is 38.8 Å². The molecule has 0 amide bonds. The predicted octanol–water partition coefficient (Wildman–Crippen LogP) is 4.52. The summed E-state index contributed by atoms with van der Waals surface area (Å²) in [6.07, 6.45) is 5.10. The summed E-state index contributed by atoms with van der Waals surface area (Å²) in [4.78, 5) is 18.2. The molecule has 1 fully saturated rings. The quantitative estimate of drug-likeness (QED) is 0.371. The number of hydrogen-bond donors (Lipinski definition) is 0. The second kappa shape index (κ2) is 10.9. The van der Waals surface area contributed by atoms with Crippen molar-refractivity contribution in [3.05, 3.63) is 83.0 Å². The SMILES string of the molecule is COC(=O)C=Cc1ccc(OCc2nc(C3CCN(Cc4cccc(C)c4)CC3)no2)cc1. The van der Waals surface area contributed by atoms with Crippen molar-refractivity contribution in [3.8, 4) is 5.75 Å². The van der Waals surface area contributed by atoms with Crippen molar-refractivity contribution in [1.29, 1.82) is 0 Å². The number of esters is 1. The van der Waals surface area contributed by atoms with Gasteiger partial charge in [0.15, 0.2) is 12.4 Å². The number of likely N-dealkylation sites (tertiary alicyclic amines) is 1. The summed E-state index contributed by atoms with van der Waals surface area (Å²) >= 11 is 0. The van der Waals surface area contributed by atoms with Crippen molar-refractivity contribution >= 4 is 12.0 Å². The van der Waals surface area contributed by atoms with Crippen LogP contribution in [0.1, 0.15) is 47.2 Å². The van der Waals surface area contributed by atoms with Gasteiger partial charge in [-0.3, -0.25) is 4.90 Å². The van der Waals surface area contributed by atoms with Gasteiger partial charge in [0.1, 0.15) is 5.75 Å². The van der Waals surface area contributed by atoms with Crippen molar-refractivity contribution in [2.24, 2.45) is 0 Å². The molecule has 0 radical (unpaired) electrons. The maximum Gasteiger partial charge on any atom is 0.330 e. The lowest BCUT2D eigenvalue weighted by Crippen LogP contribution is -2.32. The molecule has 33 heavy (non-hydrogen) atoms. The maximum atomic E-state index is 11.2.